The fourth-order valence-electron chi connectivity index (χ4n) is 1.85. The second-order valence-electron chi connectivity index (χ2n) is 4.09. The smallest absolute Gasteiger partial charge is 0.256 e. The van der Waals surface area contributed by atoms with Gasteiger partial charge in [0.1, 0.15) is 17.9 Å². The minimum absolute atomic E-state index is 0.264. The van der Waals surface area contributed by atoms with Gasteiger partial charge in [-0.3, -0.25) is 4.79 Å². The summed E-state index contributed by atoms with van der Waals surface area (Å²) >= 11 is 0. The van der Waals surface area contributed by atoms with Crippen molar-refractivity contribution < 1.29 is 9.21 Å². The molecule has 0 radical (unpaired) electrons. The maximum Gasteiger partial charge on any atom is 0.256 e. The number of para-hydroxylation sites is 1. The molecule has 0 saturated heterocycles. The minimum Gasteiger partial charge on any atom is -0.463 e. The lowest BCUT2D eigenvalue weighted by Crippen LogP contribution is -2.33. The number of fused-ring (bicyclic) bond motifs is 1. The topological polar surface area (TPSA) is 66.0 Å². The molecule has 1 aromatic carbocycles. The second-order valence-corrected chi connectivity index (χ2v) is 4.09. The normalized spacial score (nSPS) is 12.0. The first-order valence-electron chi connectivity index (χ1n) is 5.93. The Kier molecular flexibility index (Phi) is 3.63. The number of hydrogen-bond donors (Lipinski definition) is 1. The molecule has 1 amide bonds. The minimum atomic E-state index is -0.448. The third-order valence-corrected chi connectivity index (χ3v) is 2.76. The average Bonchev–Trinajstić information content (AvgIpc) is 2.82. The zero-order valence-electron chi connectivity index (χ0n) is 10.1. The Bertz CT molecular complexity index is 595. The van der Waals surface area contributed by atoms with Crippen LogP contribution in [0.25, 0.3) is 11.0 Å². The summed E-state index contributed by atoms with van der Waals surface area (Å²) in [6.07, 6.45) is 2.93. The number of carbonyl (C=O) groups excluding carboxylic acids is 1. The zero-order chi connectivity index (χ0) is 13.0. The molecule has 4 heteroatoms. The van der Waals surface area contributed by atoms with Gasteiger partial charge in [-0.05, 0) is 12.5 Å². The van der Waals surface area contributed by atoms with E-state index in [-0.39, 0.29) is 5.91 Å². The molecule has 1 atom stereocenters. The van der Waals surface area contributed by atoms with Crippen LogP contribution in [-0.2, 0) is 0 Å². The van der Waals surface area contributed by atoms with Crippen molar-refractivity contribution in [2.24, 2.45) is 0 Å². The Morgan fingerprint density at radius 3 is 3.00 bits per heavy atom. The third kappa shape index (κ3) is 2.35. The van der Waals surface area contributed by atoms with Crippen molar-refractivity contribution in [3.8, 4) is 6.07 Å². The van der Waals surface area contributed by atoms with Crippen LogP contribution in [0.5, 0.6) is 0 Å². The number of hydrogen-bond acceptors (Lipinski definition) is 3. The molecule has 0 aliphatic heterocycles. The van der Waals surface area contributed by atoms with E-state index in [1.165, 1.54) is 6.26 Å². The van der Waals surface area contributed by atoms with Crippen molar-refractivity contribution in [3.63, 3.8) is 0 Å². The van der Waals surface area contributed by atoms with Crippen LogP contribution in [0.3, 0.4) is 0 Å². The summed E-state index contributed by atoms with van der Waals surface area (Å²) in [5, 5.41) is 12.4. The van der Waals surface area contributed by atoms with E-state index in [1.807, 2.05) is 25.1 Å². The highest BCUT2D eigenvalue weighted by molar-refractivity contribution is 6.06. The lowest BCUT2D eigenvalue weighted by Gasteiger charge is -2.09. The summed E-state index contributed by atoms with van der Waals surface area (Å²) in [7, 11) is 0. The average molecular weight is 242 g/mol. The van der Waals surface area contributed by atoms with Crippen LogP contribution in [-0.4, -0.2) is 11.9 Å². The Balaban J connectivity index is 2.21. The van der Waals surface area contributed by atoms with Crippen LogP contribution in [0.2, 0.25) is 0 Å². The quantitative estimate of drug-likeness (QED) is 0.896. The maximum atomic E-state index is 12.0. The van der Waals surface area contributed by atoms with E-state index in [0.717, 1.165) is 11.8 Å². The van der Waals surface area contributed by atoms with Crippen molar-refractivity contribution in [2.45, 2.75) is 25.8 Å². The number of nitriles is 1. The molecule has 0 bridgehead atoms. The molecule has 1 unspecified atom stereocenters. The van der Waals surface area contributed by atoms with E-state index in [4.69, 9.17) is 9.68 Å². The molecule has 2 rings (SSSR count). The first kappa shape index (κ1) is 12.2. The molecule has 0 aliphatic rings. The first-order chi connectivity index (χ1) is 8.76. The molecule has 18 heavy (non-hydrogen) atoms. The molecule has 92 valence electrons. The van der Waals surface area contributed by atoms with E-state index in [9.17, 15) is 4.79 Å². The number of rotatable bonds is 4. The van der Waals surface area contributed by atoms with Crippen LogP contribution in [0.1, 0.15) is 30.1 Å². The van der Waals surface area contributed by atoms with Gasteiger partial charge in [0.05, 0.1) is 11.6 Å². The zero-order valence-corrected chi connectivity index (χ0v) is 10.1. The van der Waals surface area contributed by atoms with Gasteiger partial charge in [-0.1, -0.05) is 31.5 Å². The fourth-order valence-corrected chi connectivity index (χ4v) is 1.85. The summed E-state index contributed by atoms with van der Waals surface area (Å²) < 4.78 is 5.30. The van der Waals surface area contributed by atoms with Crippen molar-refractivity contribution in [2.75, 3.05) is 0 Å². The van der Waals surface area contributed by atoms with Gasteiger partial charge in [-0.25, -0.2) is 0 Å². The summed E-state index contributed by atoms with van der Waals surface area (Å²) in [6, 6.07) is 8.97. The van der Waals surface area contributed by atoms with Crippen molar-refractivity contribution in [1.29, 1.82) is 5.26 Å². The third-order valence-electron chi connectivity index (χ3n) is 2.76. The van der Waals surface area contributed by atoms with Gasteiger partial charge in [0, 0.05) is 5.39 Å². The van der Waals surface area contributed by atoms with Gasteiger partial charge in [-0.15, -0.1) is 0 Å². The molecule has 1 heterocycles. The van der Waals surface area contributed by atoms with Gasteiger partial charge < -0.3 is 9.73 Å². The molecule has 0 fully saturated rings. The molecule has 0 aliphatic carbocycles. The Hall–Kier alpha value is -2.28. The lowest BCUT2D eigenvalue weighted by atomic mass is 10.1. The summed E-state index contributed by atoms with van der Waals surface area (Å²) in [6.45, 7) is 1.98. The van der Waals surface area contributed by atoms with Crippen LogP contribution in [0, 0.1) is 11.3 Å². The summed E-state index contributed by atoms with van der Waals surface area (Å²) in [4.78, 5) is 12.0. The number of amides is 1. The standard InChI is InChI=1S/C14H14N2O2/c1-2-5-10(8-15)16-14(17)12-9-18-13-7-4-3-6-11(12)13/h3-4,6-7,9-10H,2,5H2,1H3,(H,16,17). The monoisotopic (exact) mass is 242 g/mol. The maximum absolute atomic E-state index is 12.0. The van der Waals surface area contributed by atoms with Gasteiger partial charge in [0.25, 0.3) is 5.91 Å². The van der Waals surface area contributed by atoms with Crippen LogP contribution in [0.15, 0.2) is 34.9 Å². The van der Waals surface area contributed by atoms with E-state index in [2.05, 4.69) is 11.4 Å². The number of nitrogens with one attached hydrogen (secondary N) is 1. The van der Waals surface area contributed by atoms with Crippen LogP contribution in [0.4, 0.5) is 0 Å². The highest BCUT2D eigenvalue weighted by atomic mass is 16.3. The first-order valence-corrected chi connectivity index (χ1v) is 5.93. The Morgan fingerprint density at radius 2 is 2.28 bits per heavy atom. The van der Waals surface area contributed by atoms with Crippen molar-refractivity contribution in [1.82, 2.24) is 5.32 Å². The molecule has 0 saturated carbocycles. The molecule has 0 spiro atoms. The van der Waals surface area contributed by atoms with E-state index in [0.29, 0.717) is 17.6 Å². The summed E-state index contributed by atoms with van der Waals surface area (Å²) in [5.41, 5.74) is 1.15. The van der Waals surface area contributed by atoms with Gasteiger partial charge in [0.2, 0.25) is 0 Å². The predicted molar refractivity (Wildman–Crippen MR) is 68.0 cm³/mol. The fraction of sp³-hybridized carbons (Fsp3) is 0.286. The molecule has 1 aromatic heterocycles. The summed E-state index contributed by atoms with van der Waals surface area (Å²) in [5.74, 6) is -0.264. The van der Waals surface area contributed by atoms with E-state index < -0.39 is 6.04 Å². The van der Waals surface area contributed by atoms with Crippen LogP contribution >= 0.6 is 0 Å². The van der Waals surface area contributed by atoms with Crippen molar-refractivity contribution in [3.05, 3.63) is 36.1 Å². The SMILES string of the molecule is CCCC(C#N)NC(=O)c1coc2ccccc12. The Labute approximate surface area is 105 Å². The Morgan fingerprint density at radius 1 is 1.50 bits per heavy atom. The lowest BCUT2D eigenvalue weighted by molar-refractivity contribution is 0.0944. The van der Waals surface area contributed by atoms with E-state index >= 15 is 0 Å². The number of furan rings is 1. The van der Waals surface area contributed by atoms with Gasteiger partial charge in [0.15, 0.2) is 0 Å². The number of benzene rings is 1. The van der Waals surface area contributed by atoms with Crippen LogP contribution < -0.4 is 5.32 Å². The molecular weight excluding hydrogens is 228 g/mol. The van der Waals surface area contributed by atoms with Gasteiger partial charge >= 0.3 is 0 Å². The highest BCUT2D eigenvalue weighted by Crippen LogP contribution is 2.20. The van der Waals surface area contributed by atoms with E-state index in [1.54, 1.807) is 6.07 Å². The molecule has 1 N–H and O–H groups in total. The van der Waals surface area contributed by atoms with Crippen molar-refractivity contribution >= 4 is 16.9 Å². The predicted octanol–water partition coefficient (Wildman–Crippen LogP) is 2.85. The largest absolute Gasteiger partial charge is 0.463 e. The van der Waals surface area contributed by atoms with Gasteiger partial charge in [-0.2, -0.15) is 5.26 Å². The molecule has 2 aromatic rings. The second kappa shape index (κ2) is 5.37. The molecular formula is C14H14N2O2. The molecule has 4 nitrogen and oxygen atoms in total. The highest BCUT2D eigenvalue weighted by Gasteiger charge is 2.16. The number of carbonyl (C=O) groups is 1. The number of nitrogens with zero attached hydrogens (tertiary/aromatic N) is 1.